The molecule has 1 aliphatic rings. The molecular weight excluding hydrogens is 340 g/mol. The number of fused-ring (bicyclic) bond motifs is 3. The summed E-state index contributed by atoms with van der Waals surface area (Å²) in [6.45, 7) is 2.60. The lowest BCUT2D eigenvalue weighted by atomic mass is 9.94. The van der Waals surface area contributed by atoms with Gasteiger partial charge in [0.2, 0.25) is 0 Å². The van der Waals surface area contributed by atoms with Crippen LogP contribution in [0.3, 0.4) is 0 Å². The van der Waals surface area contributed by atoms with Crippen molar-refractivity contribution in [2.45, 2.75) is 51.6 Å². The number of pyridine rings is 1. The van der Waals surface area contributed by atoms with Crippen molar-refractivity contribution in [1.82, 2.24) is 29.8 Å². The summed E-state index contributed by atoms with van der Waals surface area (Å²) in [4.78, 5) is 16.6. The average molecular weight is 366 g/mol. The first-order valence-electron chi connectivity index (χ1n) is 9.63. The van der Waals surface area contributed by atoms with Gasteiger partial charge in [-0.05, 0) is 48.4 Å². The normalized spacial score (nSPS) is 15.4. The second-order valence-electron chi connectivity index (χ2n) is 7.74. The monoisotopic (exact) mass is 366 g/mol. The Labute approximate surface area is 158 Å². The summed E-state index contributed by atoms with van der Waals surface area (Å²) in [5, 5.41) is 13.4. The molecule has 1 saturated carbocycles. The predicted molar refractivity (Wildman–Crippen MR) is 105 cm³/mol. The summed E-state index contributed by atoms with van der Waals surface area (Å²) < 4.78 is 1.78. The van der Waals surface area contributed by atoms with Crippen LogP contribution in [0.15, 0.2) is 24.3 Å². The molecule has 0 spiro atoms. The zero-order valence-electron chi connectivity index (χ0n) is 16.2. The Morgan fingerprint density at radius 2 is 1.96 bits per heavy atom. The third-order valence-corrected chi connectivity index (χ3v) is 5.48. The third kappa shape index (κ3) is 3.34. The van der Waals surface area contributed by atoms with E-state index in [1.165, 1.54) is 24.8 Å². The minimum atomic E-state index is 0.0527. The highest BCUT2D eigenvalue weighted by atomic mass is 16.2. The number of carbonyl (C=O) groups excluding carboxylic acids is 1. The molecule has 0 unspecified atom stereocenters. The standard InChI is InChI=1S/C20H26N6O/c1-14-9-10-18-15(11-14)12-16(19-21-22-23-26(18)19)13-25(20(27)24(2)3)17-7-5-4-6-8-17/h9-12,17H,4-8,13H2,1-3H3. The SMILES string of the molecule is Cc1ccc2c(c1)cc(CN(C(=O)N(C)C)C1CCCCC1)c1nnnn12. The van der Waals surface area contributed by atoms with Gasteiger partial charge in [-0.3, -0.25) is 0 Å². The van der Waals surface area contributed by atoms with Gasteiger partial charge in [0.1, 0.15) is 0 Å². The first kappa shape index (κ1) is 17.7. The topological polar surface area (TPSA) is 66.6 Å². The first-order chi connectivity index (χ1) is 13.0. The number of aromatic nitrogens is 4. The molecule has 1 fully saturated rings. The fourth-order valence-electron chi connectivity index (χ4n) is 4.09. The van der Waals surface area contributed by atoms with Crippen molar-refractivity contribution in [3.05, 3.63) is 35.4 Å². The molecule has 3 aromatic rings. The quantitative estimate of drug-likeness (QED) is 0.712. The van der Waals surface area contributed by atoms with E-state index in [9.17, 15) is 4.79 Å². The maximum Gasteiger partial charge on any atom is 0.320 e. The molecule has 142 valence electrons. The van der Waals surface area contributed by atoms with E-state index in [1.807, 2.05) is 25.1 Å². The molecule has 2 aromatic heterocycles. The van der Waals surface area contributed by atoms with Crippen LogP contribution >= 0.6 is 0 Å². The van der Waals surface area contributed by atoms with Crippen LogP contribution in [0.2, 0.25) is 0 Å². The second-order valence-corrected chi connectivity index (χ2v) is 7.74. The molecular formula is C20H26N6O. The van der Waals surface area contributed by atoms with Crippen LogP contribution in [0.25, 0.3) is 16.6 Å². The number of carbonyl (C=O) groups is 1. The van der Waals surface area contributed by atoms with Gasteiger partial charge in [-0.15, -0.1) is 5.10 Å². The third-order valence-electron chi connectivity index (χ3n) is 5.48. The average Bonchev–Trinajstić information content (AvgIpc) is 3.16. The number of hydrogen-bond donors (Lipinski definition) is 0. The number of rotatable bonds is 3. The molecule has 0 N–H and O–H groups in total. The van der Waals surface area contributed by atoms with Crippen molar-refractivity contribution in [1.29, 1.82) is 0 Å². The molecule has 2 amide bonds. The summed E-state index contributed by atoms with van der Waals surface area (Å²) >= 11 is 0. The van der Waals surface area contributed by atoms with Gasteiger partial charge in [-0.2, -0.15) is 4.52 Å². The van der Waals surface area contributed by atoms with Crippen LogP contribution in [-0.4, -0.2) is 56.0 Å². The lowest BCUT2D eigenvalue weighted by Gasteiger charge is -2.36. The van der Waals surface area contributed by atoms with Gasteiger partial charge in [0, 0.05) is 31.1 Å². The Morgan fingerprint density at radius 1 is 1.19 bits per heavy atom. The van der Waals surface area contributed by atoms with Crippen LogP contribution in [0.5, 0.6) is 0 Å². The maximum atomic E-state index is 12.9. The van der Waals surface area contributed by atoms with Gasteiger partial charge < -0.3 is 9.80 Å². The number of hydrogen-bond acceptors (Lipinski definition) is 4. The summed E-state index contributed by atoms with van der Waals surface area (Å²) in [7, 11) is 3.63. The fourth-order valence-corrected chi connectivity index (χ4v) is 4.09. The van der Waals surface area contributed by atoms with E-state index < -0.39 is 0 Å². The number of nitrogens with zero attached hydrogens (tertiary/aromatic N) is 6. The van der Waals surface area contributed by atoms with Crippen molar-refractivity contribution in [2.24, 2.45) is 0 Å². The number of amides is 2. The van der Waals surface area contributed by atoms with Gasteiger partial charge in [0.15, 0.2) is 5.65 Å². The van der Waals surface area contributed by atoms with E-state index in [1.54, 1.807) is 9.42 Å². The summed E-state index contributed by atoms with van der Waals surface area (Å²) in [6.07, 6.45) is 5.75. The first-order valence-corrected chi connectivity index (χ1v) is 9.63. The fraction of sp³-hybridized carbons (Fsp3) is 0.500. The molecule has 7 heteroatoms. The molecule has 1 aromatic carbocycles. The van der Waals surface area contributed by atoms with Crippen LogP contribution in [0.4, 0.5) is 4.79 Å². The van der Waals surface area contributed by atoms with Crippen molar-refractivity contribution in [3.8, 4) is 0 Å². The molecule has 0 atom stereocenters. The molecule has 7 nitrogen and oxygen atoms in total. The Balaban J connectivity index is 1.78. The number of aryl methyl sites for hydroxylation is 1. The van der Waals surface area contributed by atoms with Crippen LogP contribution in [-0.2, 0) is 6.54 Å². The van der Waals surface area contributed by atoms with E-state index in [2.05, 4.69) is 40.6 Å². The van der Waals surface area contributed by atoms with Gasteiger partial charge in [0.25, 0.3) is 0 Å². The molecule has 27 heavy (non-hydrogen) atoms. The zero-order chi connectivity index (χ0) is 19.0. The van der Waals surface area contributed by atoms with Gasteiger partial charge in [-0.25, -0.2) is 4.79 Å². The number of benzene rings is 1. The van der Waals surface area contributed by atoms with Crippen molar-refractivity contribution in [3.63, 3.8) is 0 Å². The Kier molecular flexibility index (Phi) is 4.68. The lowest BCUT2D eigenvalue weighted by molar-refractivity contribution is 0.129. The minimum absolute atomic E-state index is 0.0527. The van der Waals surface area contributed by atoms with E-state index in [0.29, 0.717) is 6.54 Å². The number of tetrazole rings is 1. The van der Waals surface area contributed by atoms with E-state index in [-0.39, 0.29) is 12.1 Å². The molecule has 4 rings (SSSR count). The molecule has 0 saturated heterocycles. The van der Waals surface area contributed by atoms with E-state index in [0.717, 1.165) is 35.0 Å². The largest absolute Gasteiger partial charge is 0.331 e. The van der Waals surface area contributed by atoms with Crippen molar-refractivity contribution in [2.75, 3.05) is 14.1 Å². The van der Waals surface area contributed by atoms with Crippen LogP contribution in [0.1, 0.15) is 43.2 Å². The smallest absolute Gasteiger partial charge is 0.320 e. The summed E-state index contributed by atoms with van der Waals surface area (Å²) in [5.74, 6) is 0. The highest BCUT2D eigenvalue weighted by Crippen LogP contribution is 2.27. The predicted octanol–water partition coefficient (Wildman–Crippen LogP) is 3.40. The summed E-state index contributed by atoms with van der Waals surface area (Å²) in [6, 6.07) is 8.70. The van der Waals surface area contributed by atoms with Gasteiger partial charge in [0.05, 0.1) is 12.1 Å². The molecule has 0 aliphatic heterocycles. The van der Waals surface area contributed by atoms with Crippen LogP contribution in [0, 0.1) is 6.92 Å². The van der Waals surface area contributed by atoms with Crippen LogP contribution < -0.4 is 0 Å². The van der Waals surface area contributed by atoms with E-state index >= 15 is 0 Å². The molecule has 0 bridgehead atoms. The highest BCUT2D eigenvalue weighted by Gasteiger charge is 2.27. The molecule has 0 radical (unpaired) electrons. The number of urea groups is 1. The molecule has 1 aliphatic carbocycles. The van der Waals surface area contributed by atoms with Crippen molar-refractivity contribution < 1.29 is 4.79 Å². The maximum absolute atomic E-state index is 12.9. The minimum Gasteiger partial charge on any atom is -0.331 e. The second kappa shape index (κ2) is 7.13. The Bertz CT molecular complexity index is 973. The summed E-state index contributed by atoms with van der Waals surface area (Å²) in [5.41, 5.74) is 3.87. The van der Waals surface area contributed by atoms with Crippen molar-refractivity contribution >= 4 is 22.6 Å². The van der Waals surface area contributed by atoms with Gasteiger partial charge in [-0.1, -0.05) is 30.9 Å². The Hall–Kier alpha value is -2.70. The van der Waals surface area contributed by atoms with E-state index in [4.69, 9.17) is 0 Å². The lowest BCUT2D eigenvalue weighted by Crippen LogP contribution is -2.46. The van der Waals surface area contributed by atoms with Gasteiger partial charge >= 0.3 is 6.03 Å². The Morgan fingerprint density at radius 3 is 2.70 bits per heavy atom. The molecule has 2 heterocycles. The zero-order valence-corrected chi connectivity index (χ0v) is 16.2. The highest BCUT2D eigenvalue weighted by molar-refractivity contribution is 5.84.